The summed E-state index contributed by atoms with van der Waals surface area (Å²) in [4.78, 5) is 28.5. The first kappa shape index (κ1) is 23.6. The molecule has 2 heterocycles. The number of benzene rings is 1. The number of anilines is 1. The average molecular weight is 436 g/mol. The Balaban J connectivity index is 1.77. The van der Waals surface area contributed by atoms with Gasteiger partial charge in [-0.1, -0.05) is 24.2 Å². The van der Waals surface area contributed by atoms with Crippen molar-refractivity contribution in [3.05, 3.63) is 48.2 Å². The molecule has 0 saturated heterocycles. The van der Waals surface area contributed by atoms with E-state index >= 15 is 0 Å². The van der Waals surface area contributed by atoms with Crippen LogP contribution in [0.15, 0.2) is 36.9 Å². The van der Waals surface area contributed by atoms with E-state index in [0.717, 1.165) is 34.5 Å². The first-order chi connectivity index (χ1) is 15.0. The second-order valence-corrected chi connectivity index (χ2v) is 9.22. The molecule has 0 aliphatic carbocycles. The lowest BCUT2D eigenvalue weighted by molar-refractivity contribution is -0.111. The van der Waals surface area contributed by atoms with Crippen LogP contribution in [0, 0.1) is 0 Å². The van der Waals surface area contributed by atoms with E-state index in [4.69, 9.17) is 5.10 Å². The average Bonchev–Trinajstić information content (AvgIpc) is 3.17. The maximum absolute atomic E-state index is 13.1. The van der Waals surface area contributed by atoms with Crippen LogP contribution in [0.3, 0.4) is 0 Å². The summed E-state index contributed by atoms with van der Waals surface area (Å²) >= 11 is 0. The van der Waals surface area contributed by atoms with E-state index in [9.17, 15) is 9.59 Å². The van der Waals surface area contributed by atoms with Gasteiger partial charge in [-0.05, 0) is 53.1 Å². The number of urea groups is 1. The van der Waals surface area contributed by atoms with E-state index in [1.165, 1.54) is 6.08 Å². The zero-order chi connectivity index (χ0) is 23.6. The molecule has 9 heteroatoms. The predicted molar refractivity (Wildman–Crippen MR) is 130 cm³/mol. The molecule has 3 amide bonds. The van der Waals surface area contributed by atoms with Gasteiger partial charge < -0.3 is 20.4 Å². The standard InChI is InChI=1S/C23H33BN6O2/c1-8-19(31)26-17-11-9-16(10-12-17)24-21-18-14-30(22(32)25-15(2)13-28(5)6)23(3,4)20(18)29(7)27-21/h8-12,15,24H,1,13-14H2,2-7H3,(H,25,32)(H,26,31). The van der Waals surface area contributed by atoms with E-state index < -0.39 is 5.54 Å². The molecule has 8 nitrogen and oxygen atoms in total. The summed E-state index contributed by atoms with van der Waals surface area (Å²) in [7, 11) is 6.59. The normalized spacial score (nSPS) is 15.3. The molecule has 32 heavy (non-hydrogen) atoms. The van der Waals surface area contributed by atoms with E-state index in [0.29, 0.717) is 13.8 Å². The molecular weight excluding hydrogens is 403 g/mol. The number of aryl methyl sites for hydroxylation is 1. The Kier molecular flexibility index (Phi) is 6.78. The van der Waals surface area contributed by atoms with Gasteiger partial charge in [0.05, 0.1) is 17.8 Å². The maximum atomic E-state index is 13.1. The quantitative estimate of drug-likeness (QED) is 0.493. The third-order valence-corrected chi connectivity index (χ3v) is 5.83. The van der Waals surface area contributed by atoms with Gasteiger partial charge in [0, 0.05) is 36.5 Å². The summed E-state index contributed by atoms with van der Waals surface area (Å²) < 4.78 is 1.90. The molecule has 1 atom stereocenters. The Morgan fingerprint density at radius 1 is 1.31 bits per heavy atom. The number of nitrogens with zero attached hydrogens (tertiary/aromatic N) is 4. The molecule has 0 radical (unpaired) electrons. The highest BCUT2D eigenvalue weighted by molar-refractivity contribution is 6.67. The molecule has 0 fully saturated rings. The number of hydrogen-bond donors (Lipinski definition) is 2. The molecule has 2 aromatic rings. The Labute approximate surface area is 190 Å². The number of carbonyl (C=O) groups is 2. The Bertz CT molecular complexity index is 1010. The minimum Gasteiger partial charge on any atom is -0.334 e. The van der Waals surface area contributed by atoms with Crippen LogP contribution in [-0.4, -0.2) is 65.5 Å². The zero-order valence-corrected chi connectivity index (χ0v) is 19.9. The van der Waals surface area contributed by atoms with Crippen LogP contribution in [0.25, 0.3) is 0 Å². The highest BCUT2D eigenvalue weighted by Gasteiger charge is 2.44. The van der Waals surface area contributed by atoms with Gasteiger partial charge >= 0.3 is 6.03 Å². The largest absolute Gasteiger partial charge is 0.334 e. The van der Waals surface area contributed by atoms with Crippen LogP contribution >= 0.6 is 0 Å². The van der Waals surface area contributed by atoms with Crippen molar-refractivity contribution in [2.24, 2.45) is 7.05 Å². The maximum Gasteiger partial charge on any atom is 0.318 e. The van der Waals surface area contributed by atoms with Gasteiger partial charge in [-0.15, -0.1) is 0 Å². The lowest BCUT2D eigenvalue weighted by Crippen LogP contribution is -2.51. The topological polar surface area (TPSA) is 82.5 Å². The summed E-state index contributed by atoms with van der Waals surface area (Å²) in [6.45, 7) is 10.9. The number of nitrogens with one attached hydrogen (secondary N) is 2. The number of fused-ring (bicyclic) bond motifs is 1. The molecule has 1 aromatic heterocycles. The highest BCUT2D eigenvalue weighted by Crippen LogP contribution is 2.37. The van der Waals surface area contributed by atoms with Crippen molar-refractivity contribution in [3.8, 4) is 0 Å². The summed E-state index contributed by atoms with van der Waals surface area (Å²) in [6, 6.07) is 7.69. The molecule has 170 valence electrons. The van der Waals surface area contributed by atoms with Crippen molar-refractivity contribution in [2.45, 2.75) is 38.9 Å². The number of amides is 3. The lowest BCUT2D eigenvalue weighted by atomic mass is 9.65. The van der Waals surface area contributed by atoms with Crippen LogP contribution in [0.1, 0.15) is 32.0 Å². The fourth-order valence-electron chi connectivity index (χ4n) is 4.48. The van der Waals surface area contributed by atoms with Crippen molar-refractivity contribution in [1.82, 2.24) is 24.9 Å². The molecule has 1 aliphatic rings. The first-order valence-electron chi connectivity index (χ1n) is 10.8. The smallest absolute Gasteiger partial charge is 0.318 e. The molecule has 2 N–H and O–H groups in total. The lowest BCUT2D eigenvalue weighted by Gasteiger charge is -2.34. The zero-order valence-electron chi connectivity index (χ0n) is 19.9. The van der Waals surface area contributed by atoms with Crippen LogP contribution in [-0.2, 0) is 23.9 Å². The highest BCUT2D eigenvalue weighted by atomic mass is 16.2. The number of aromatic nitrogens is 2. The predicted octanol–water partition coefficient (Wildman–Crippen LogP) is 0.642. The van der Waals surface area contributed by atoms with Gasteiger partial charge in [-0.2, -0.15) is 5.10 Å². The van der Waals surface area contributed by atoms with Crippen molar-refractivity contribution in [1.29, 1.82) is 0 Å². The van der Waals surface area contributed by atoms with Crippen molar-refractivity contribution in [2.75, 3.05) is 26.0 Å². The van der Waals surface area contributed by atoms with Gasteiger partial charge in [0.1, 0.15) is 0 Å². The van der Waals surface area contributed by atoms with Crippen LogP contribution in [0.4, 0.5) is 10.5 Å². The minimum absolute atomic E-state index is 0.0507. The molecule has 0 spiro atoms. The van der Waals surface area contributed by atoms with E-state index in [1.807, 2.05) is 61.9 Å². The molecular formula is C23H33BN6O2. The second-order valence-electron chi connectivity index (χ2n) is 9.22. The summed E-state index contributed by atoms with van der Waals surface area (Å²) in [5.74, 6) is -0.235. The molecule has 1 unspecified atom stereocenters. The summed E-state index contributed by atoms with van der Waals surface area (Å²) in [5.41, 5.74) is 4.49. The SMILES string of the molecule is C=CC(=O)Nc1ccc(Bc2nn(C)c3c2CN(C(=O)NC(C)CN(C)C)C3(C)C)cc1. The van der Waals surface area contributed by atoms with Crippen molar-refractivity contribution in [3.63, 3.8) is 0 Å². The fraction of sp³-hybridized carbons (Fsp3) is 0.435. The van der Waals surface area contributed by atoms with Crippen LogP contribution in [0.5, 0.6) is 0 Å². The summed E-state index contributed by atoms with van der Waals surface area (Å²) in [5, 5.41) is 10.6. The number of hydrogen-bond acceptors (Lipinski definition) is 4. The number of likely N-dealkylation sites (N-methyl/N-ethyl adjacent to an activating group) is 1. The molecule has 0 saturated carbocycles. The monoisotopic (exact) mass is 436 g/mol. The Morgan fingerprint density at radius 3 is 2.56 bits per heavy atom. The van der Waals surface area contributed by atoms with Crippen molar-refractivity contribution >= 4 is 36.0 Å². The molecule has 0 bridgehead atoms. The third kappa shape index (κ3) is 4.88. The molecule has 3 rings (SSSR count). The van der Waals surface area contributed by atoms with Gasteiger partial charge in [-0.3, -0.25) is 9.48 Å². The third-order valence-electron chi connectivity index (χ3n) is 5.83. The van der Waals surface area contributed by atoms with E-state index in [-0.39, 0.29) is 18.0 Å². The molecule has 1 aromatic carbocycles. The fourth-order valence-corrected chi connectivity index (χ4v) is 4.48. The molecule has 1 aliphatic heterocycles. The van der Waals surface area contributed by atoms with Gasteiger partial charge in [0.2, 0.25) is 13.2 Å². The summed E-state index contributed by atoms with van der Waals surface area (Å²) in [6.07, 6.45) is 1.25. The number of carbonyl (C=O) groups excluding carboxylic acids is 2. The Hall–Kier alpha value is -3.07. The second kappa shape index (κ2) is 9.20. The van der Waals surface area contributed by atoms with Gasteiger partial charge in [0.25, 0.3) is 0 Å². The van der Waals surface area contributed by atoms with E-state index in [1.54, 1.807) is 0 Å². The van der Waals surface area contributed by atoms with Crippen molar-refractivity contribution < 1.29 is 9.59 Å². The number of rotatable bonds is 7. The minimum atomic E-state index is -0.462. The Morgan fingerprint density at radius 2 is 1.97 bits per heavy atom. The van der Waals surface area contributed by atoms with Gasteiger partial charge in [0.15, 0.2) is 0 Å². The van der Waals surface area contributed by atoms with E-state index in [2.05, 4.69) is 36.0 Å². The van der Waals surface area contributed by atoms with Crippen LogP contribution in [0.2, 0.25) is 0 Å². The first-order valence-corrected chi connectivity index (χ1v) is 10.8. The van der Waals surface area contributed by atoms with Crippen LogP contribution < -0.4 is 21.7 Å². The van der Waals surface area contributed by atoms with Gasteiger partial charge in [-0.25, -0.2) is 4.79 Å².